The summed E-state index contributed by atoms with van der Waals surface area (Å²) < 4.78 is 15.6. The van der Waals surface area contributed by atoms with Gasteiger partial charge in [0.2, 0.25) is 0 Å². The maximum absolute atomic E-state index is 13.4. The quantitative estimate of drug-likeness (QED) is 0.683. The van der Waals surface area contributed by atoms with E-state index in [4.69, 9.17) is 0 Å². The number of nitrogens with zero attached hydrogens (tertiary/aromatic N) is 2. The van der Waals surface area contributed by atoms with Gasteiger partial charge in [-0.25, -0.2) is 9.37 Å². The average molecular weight is 397 g/mol. The molecular formula is C25H33FN2O. The molecule has 0 amide bonds. The van der Waals surface area contributed by atoms with Gasteiger partial charge in [0.05, 0.1) is 23.3 Å². The second-order valence-electron chi connectivity index (χ2n) is 10.7. The summed E-state index contributed by atoms with van der Waals surface area (Å²) in [5, 5.41) is 11.5. The molecule has 3 atom stereocenters. The van der Waals surface area contributed by atoms with Crippen molar-refractivity contribution in [2.75, 3.05) is 0 Å². The second kappa shape index (κ2) is 6.80. The first kappa shape index (κ1) is 20.3. The fourth-order valence-electron chi connectivity index (χ4n) is 5.99. The number of hydrogen-bond acceptors (Lipinski definition) is 2. The number of benzene rings is 1. The van der Waals surface area contributed by atoms with Crippen LogP contribution in [0.1, 0.15) is 66.0 Å². The van der Waals surface area contributed by atoms with Gasteiger partial charge in [-0.05, 0) is 74.3 Å². The first-order chi connectivity index (χ1) is 13.5. The maximum Gasteiger partial charge on any atom is 0.123 e. The van der Waals surface area contributed by atoms with Crippen molar-refractivity contribution in [1.82, 2.24) is 9.55 Å². The molecule has 1 N–H and O–H groups in total. The monoisotopic (exact) mass is 396 g/mol. The van der Waals surface area contributed by atoms with E-state index in [9.17, 15) is 9.50 Å². The Morgan fingerprint density at radius 2 is 1.90 bits per heavy atom. The van der Waals surface area contributed by atoms with Crippen LogP contribution in [-0.4, -0.2) is 20.3 Å². The smallest absolute Gasteiger partial charge is 0.123 e. The molecule has 0 saturated heterocycles. The molecular weight excluding hydrogens is 363 g/mol. The van der Waals surface area contributed by atoms with E-state index < -0.39 is 5.60 Å². The van der Waals surface area contributed by atoms with E-state index in [1.165, 1.54) is 17.7 Å². The van der Waals surface area contributed by atoms with Crippen molar-refractivity contribution in [1.29, 1.82) is 0 Å². The van der Waals surface area contributed by atoms with Crippen LogP contribution in [0.25, 0.3) is 17.3 Å². The van der Waals surface area contributed by atoms with Gasteiger partial charge in [0.15, 0.2) is 0 Å². The van der Waals surface area contributed by atoms with Crippen LogP contribution in [0.3, 0.4) is 0 Å². The Balaban J connectivity index is 1.72. The molecule has 2 heterocycles. The predicted octanol–water partition coefficient (Wildman–Crippen LogP) is 6.08. The number of aromatic nitrogens is 2. The molecule has 1 aliphatic heterocycles. The molecule has 1 aromatic carbocycles. The van der Waals surface area contributed by atoms with E-state index >= 15 is 0 Å². The lowest BCUT2D eigenvalue weighted by atomic mass is 9.56. The molecule has 1 saturated carbocycles. The largest absolute Gasteiger partial charge is 0.390 e. The Labute approximate surface area is 173 Å². The summed E-state index contributed by atoms with van der Waals surface area (Å²) in [5.41, 5.74) is 3.63. The highest BCUT2D eigenvalue weighted by atomic mass is 19.1. The molecule has 0 bridgehead atoms. The number of fused-ring (bicyclic) bond motifs is 2. The first-order valence-electron chi connectivity index (χ1n) is 10.7. The van der Waals surface area contributed by atoms with Gasteiger partial charge in [0, 0.05) is 17.5 Å². The van der Waals surface area contributed by atoms with Crippen molar-refractivity contribution in [2.45, 2.75) is 72.4 Å². The molecule has 156 valence electrons. The van der Waals surface area contributed by atoms with E-state index in [2.05, 4.69) is 43.3 Å². The third-order valence-corrected chi connectivity index (χ3v) is 6.89. The molecule has 0 radical (unpaired) electrons. The Morgan fingerprint density at radius 3 is 2.55 bits per heavy atom. The summed E-state index contributed by atoms with van der Waals surface area (Å²) in [7, 11) is 0. The van der Waals surface area contributed by atoms with Crippen LogP contribution in [0, 0.1) is 22.6 Å². The van der Waals surface area contributed by atoms with Gasteiger partial charge in [-0.3, -0.25) is 0 Å². The fraction of sp³-hybridized carbons (Fsp3) is 0.560. The standard InChI is InChI=1S/C25H33FN2O/c1-23(2,3)14-25(5,29)21-8-6-7-18-13-20-22(17-9-11-19(26)12-10-17)27-16-28(20)15-24(18,21)4/h9-13,16,21,29H,6-8,14-15H2,1-5H3/t21-,24-,25+/m0/s1. The zero-order valence-corrected chi connectivity index (χ0v) is 18.3. The summed E-state index contributed by atoms with van der Waals surface area (Å²) in [4.78, 5) is 4.67. The number of hydrogen-bond donors (Lipinski definition) is 1. The minimum Gasteiger partial charge on any atom is -0.390 e. The number of halogens is 1. The lowest BCUT2D eigenvalue weighted by Crippen LogP contribution is -2.51. The van der Waals surface area contributed by atoms with Gasteiger partial charge in [-0.1, -0.05) is 33.3 Å². The lowest BCUT2D eigenvalue weighted by Gasteiger charge is -2.52. The molecule has 0 spiro atoms. The van der Waals surface area contributed by atoms with Crippen molar-refractivity contribution in [3.63, 3.8) is 0 Å². The fourth-order valence-corrected chi connectivity index (χ4v) is 5.99. The molecule has 0 unspecified atom stereocenters. The van der Waals surface area contributed by atoms with Crippen molar-refractivity contribution < 1.29 is 9.50 Å². The van der Waals surface area contributed by atoms with Crippen LogP contribution in [0.5, 0.6) is 0 Å². The molecule has 3 nitrogen and oxygen atoms in total. The Kier molecular flexibility index (Phi) is 4.77. The molecule has 4 rings (SSSR count). The average Bonchev–Trinajstić information content (AvgIpc) is 2.99. The van der Waals surface area contributed by atoms with Gasteiger partial charge in [-0.2, -0.15) is 0 Å². The predicted molar refractivity (Wildman–Crippen MR) is 116 cm³/mol. The SMILES string of the molecule is CC(C)(C)C[C@@](C)(O)[C@H]1CCCC2=Cc3c(-c4ccc(F)cc4)ncn3C[C@@]21C. The summed E-state index contributed by atoms with van der Waals surface area (Å²) in [5.74, 6) is -0.0250. The normalized spacial score (nSPS) is 26.3. The molecule has 1 aromatic heterocycles. The van der Waals surface area contributed by atoms with E-state index in [0.717, 1.165) is 49.2 Å². The summed E-state index contributed by atoms with van der Waals surface area (Å²) in [6, 6.07) is 6.56. The van der Waals surface area contributed by atoms with E-state index in [-0.39, 0.29) is 22.6 Å². The van der Waals surface area contributed by atoms with Gasteiger partial charge < -0.3 is 9.67 Å². The van der Waals surface area contributed by atoms with E-state index in [1.54, 1.807) is 12.1 Å². The van der Waals surface area contributed by atoms with E-state index in [0.29, 0.717) is 0 Å². The Bertz CT molecular complexity index is 933. The molecule has 2 aliphatic rings. The summed E-state index contributed by atoms with van der Waals surface area (Å²) >= 11 is 0. The minimum atomic E-state index is -0.718. The summed E-state index contributed by atoms with van der Waals surface area (Å²) in [6.45, 7) is 11.8. The zero-order chi connectivity index (χ0) is 21.0. The van der Waals surface area contributed by atoms with Crippen LogP contribution in [-0.2, 0) is 6.54 Å². The Hall–Kier alpha value is -1.94. The molecule has 29 heavy (non-hydrogen) atoms. The van der Waals surface area contributed by atoms with Crippen molar-refractivity contribution in [3.8, 4) is 11.3 Å². The topological polar surface area (TPSA) is 38.1 Å². The lowest BCUT2D eigenvalue weighted by molar-refractivity contribution is -0.0878. The first-order valence-corrected chi connectivity index (χ1v) is 10.7. The van der Waals surface area contributed by atoms with Gasteiger partial charge >= 0.3 is 0 Å². The van der Waals surface area contributed by atoms with Crippen molar-refractivity contribution in [3.05, 3.63) is 47.7 Å². The van der Waals surface area contributed by atoms with Crippen LogP contribution in [0.4, 0.5) is 4.39 Å². The third-order valence-electron chi connectivity index (χ3n) is 6.89. The second-order valence-corrected chi connectivity index (χ2v) is 10.7. The molecule has 2 aromatic rings. The van der Waals surface area contributed by atoms with Gasteiger partial charge in [0.1, 0.15) is 5.82 Å². The number of imidazole rings is 1. The number of aliphatic hydroxyl groups is 1. The van der Waals surface area contributed by atoms with E-state index in [1.807, 2.05) is 13.3 Å². The van der Waals surface area contributed by atoms with Gasteiger partial charge in [0.25, 0.3) is 0 Å². The van der Waals surface area contributed by atoms with Gasteiger partial charge in [-0.15, -0.1) is 0 Å². The third kappa shape index (κ3) is 3.68. The molecule has 1 fully saturated rings. The number of rotatable bonds is 3. The van der Waals surface area contributed by atoms with Crippen LogP contribution >= 0.6 is 0 Å². The van der Waals surface area contributed by atoms with Crippen LogP contribution < -0.4 is 0 Å². The van der Waals surface area contributed by atoms with Crippen LogP contribution in [0.2, 0.25) is 0 Å². The molecule has 1 aliphatic carbocycles. The zero-order valence-electron chi connectivity index (χ0n) is 18.3. The van der Waals surface area contributed by atoms with Crippen molar-refractivity contribution >= 4 is 6.08 Å². The highest BCUT2D eigenvalue weighted by molar-refractivity contribution is 5.72. The Morgan fingerprint density at radius 1 is 1.21 bits per heavy atom. The molecule has 4 heteroatoms. The highest BCUT2D eigenvalue weighted by Crippen LogP contribution is 2.55. The van der Waals surface area contributed by atoms with Crippen molar-refractivity contribution in [2.24, 2.45) is 16.7 Å². The highest BCUT2D eigenvalue weighted by Gasteiger charge is 2.51. The number of allylic oxidation sites excluding steroid dienone is 1. The van der Waals surface area contributed by atoms with Crippen LogP contribution in [0.15, 0.2) is 36.2 Å². The summed E-state index contributed by atoms with van der Waals surface area (Å²) in [6.07, 6.45) is 8.18. The minimum absolute atomic E-state index is 0.0752. The maximum atomic E-state index is 13.4.